The van der Waals surface area contributed by atoms with E-state index in [0.717, 1.165) is 12.4 Å². The van der Waals surface area contributed by atoms with E-state index in [4.69, 9.17) is 0 Å². The molecular weight excluding hydrogens is 388 g/mol. The topological polar surface area (TPSA) is 118 Å². The number of carbonyl (C=O) groups excluding carboxylic acids is 1. The number of nitrogens with one attached hydrogen (secondary N) is 2. The third kappa shape index (κ3) is 3.72. The summed E-state index contributed by atoms with van der Waals surface area (Å²) in [5.74, 6) is -4.20. The maximum absolute atomic E-state index is 14.3. The summed E-state index contributed by atoms with van der Waals surface area (Å²) in [5.41, 5.74) is 2.07. The third-order valence-electron chi connectivity index (χ3n) is 4.17. The molecule has 0 unspecified atom stereocenters. The van der Waals surface area contributed by atoms with Crippen molar-refractivity contribution in [2.24, 2.45) is 0 Å². The van der Waals surface area contributed by atoms with Crippen molar-refractivity contribution >= 4 is 28.9 Å². The van der Waals surface area contributed by atoms with Crippen LogP contribution in [0, 0.1) is 11.6 Å². The summed E-state index contributed by atoms with van der Waals surface area (Å²) >= 11 is 0. The van der Waals surface area contributed by atoms with Gasteiger partial charge in [-0.2, -0.15) is 5.10 Å². The summed E-state index contributed by atoms with van der Waals surface area (Å²) in [5, 5.41) is 16.2. The summed E-state index contributed by atoms with van der Waals surface area (Å²) in [7, 11) is 1.18. The van der Waals surface area contributed by atoms with Crippen LogP contribution in [-0.2, 0) is 4.84 Å². The van der Waals surface area contributed by atoms with Gasteiger partial charge >= 0.3 is 5.97 Å². The molecule has 2 heterocycles. The highest BCUT2D eigenvalue weighted by atomic mass is 19.1. The number of rotatable bonds is 6. The summed E-state index contributed by atoms with van der Waals surface area (Å²) in [6.45, 7) is 3.59. The van der Waals surface area contributed by atoms with Crippen LogP contribution in [0.5, 0.6) is 0 Å². The van der Waals surface area contributed by atoms with E-state index in [0.29, 0.717) is 17.1 Å². The molecule has 0 radical (unpaired) electrons. The number of hydrogen-bond donors (Lipinski definition) is 3. The molecule has 2 aromatic heterocycles. The van der Waals surface area contributed by atoms with E-state index < -0.39 is 29.1 Å². The number of hydrogen-bond acceptors (Lipinski definition) is 6. The minimum atomic E-state index is -1.14. The van der Waals surface area contributed by atoms with Crippen molar-refractivity contribution in [2.75, 3.05) is 12.4 Å². The Labute approximate surface area is 163 Å². The first-order valence-electron chi connectivity index (χ1n) is 8.43. The fourth-order valence-corrected chi connectivity index (χ4v) is 2.98. The second kappa shape index (κ2) is 7.80. The number of anilines is 2. The number of hydroxylamine groups is 1. The molecule has 0 bridgehead atoms. The Bertz CT molecular complexity index is 1110. The third-order valence-corrected chi connectivity index (χ3v) is 4.17. The molecule has 0 aliphatic heterocycles. The predicted octanol–water partition coefficient (Wildman–Crippen LogP) is 2.86. The van der Waals surface area contributed by atoms with Crippen LogP contribution in [0.25, 0.3) is 5.52 Å². The van der Waals surface area contributed by atoms with Crippen molar-refractivity contribution < 1.29 is 28.3 Å². The molecule has 3 aromatic rings. The van der Waals surface area contributed by atoms with Gasteiger partial charge in [-0.25, -0.2) is 28.6 Å². The predicted molar refractivity (Wildman–Crippen MR) is 98.2 cm³/mol. The lowest BCUT2D eigenvalue weighted by atomic mass is 10.00. The Morgan fingerprint density at radius 1 is 1.21 bits per heavy atom. The number of aromatic carboxylic acids is 1. The summed E-state index contributed by atoms with van der Waals surface area (Å²) in [4.78, 5) is 32.0. The Hall–Kier alpha value is -3.60. The largest absolute Gasteiger partial charge is 0.478 e. The molecule has 0 saturated carbocycles. The van der Waals surface area contributed by atoms with Gasteiger partial charge < -0.3 is 10.4 Å². The maximum Gasteiger partial charge on any atom is 0.337 e. The van der Waals surface area contributed by atoms with Crippen LogP contribution in [0.4, 0.5) is 20.3 Å². The van der Waals surface area contributed by atoms with Gasteiger partial charge in [0.2, 0.25) is 0 Å². The van der Waals surface area contributed by atoms with Crippen LogP contribution < -0.4 is 10.8 Å². The lowest BCUT2D eigenvalue weighted by molar-refractivity contribution is 0.0533. The fraction of sp³-hybridized carbons (Fsp3) is 0.222. The van der Waals surface area contributed by atoms with Gasteiger partial charge in [0.25, 0.3) is 5.91 Å². The first-order chi connectivity index (χ1) is 13.7. The van der Waals surface area contributed by atoms with E-state index in [-0.39, 0.29) is 23.0 Å². The highest BCUT2D eigenvalue weighted by Gasteiger charge is 2.23. The van der Waals surface area contributed by atoms with Gasteiger partial charge in [0.15, 0.2) is 5.82 Å². The lowest BCUT2D eigenvalue weighted by Crippen LogP contribution is -2.23. The molecular formula is C18H17F2N5O4. The molecule has 0 aliphatic rings. The zero-order valence-electron chi connectivity index (χ0n) is 15.7. The Morgan fingerprint density at radius 2 is 1.93 bits per heavy atom. The van der Waals surface area contributed by atoms with Crippen LogP contribution in [0.3, 0.4) is 0 Å². The number of aromatic nitrogens is 3. The Kier molecular flexibility index (Phi) is 5.41. The fourth-order valence-electron chi connectivity index (χ4n) is 2.98. The number of fused-ring (bicyclic) bond motifs is 1. The molecule has 3 rings (SSSR count). The summed E-state index contributed by atoms with van der Waals surface area (Å²) in [6.07, 6.45) is 2.49. The first-order valence-corrected chi connectivity index (χ1v) is 8.43. The van der Waals surface area contributed by atoms with E-state index in [9.17, 15) is 23.5 Å². The normalized spacial score (nSPS) is 11.1. The molecule has 1 amide bonds. The Balaban J connectivity index is 2.15. The molecule has 0 spiro atoms. The second-order valence-electron chi connectivity index (χ2n) is 6.39. The van der Waals surface area contributed by atoms with Gasteiger partial charge in [0.05, 0.1) is 23.9 Å². The van der Waals surface area contributed by atoms with Crippen LogP contribution in [0.2, 0.25) is 0 Å². The monoisotopic (exact) mass is 405 g/mol. The van der Waals surface area contributed by atoms with E-state index in [2.05, 4.69) is 20.2 Å². The number of carbonyl (C=O) groups is 2. The van der Waals surface area contributed by atoms with Crippen molar-refractivity contribution in [1.82, 2.24) is 20.1 Å². The zero-order valence-corrected chi connectivity index (χ0v) is 15.7. The van der Waals surface area contributed by atoms with Gasteiger partial charge in [-0.05, 0) is 12.0 Å². The molecule has 152 valence electrons. The molecule has 29 heavy (non-hydrogen) atoms. The van der Waals surface area contributed by atoms with Crippen LogP contribution >= 0.6 is 0 Å². The number of halogens is 2. The van der Waals surface area contributed by atoms with Crippen molar-refractivity contribution in [1.29, 1.82) is 0 Å². The first kappa shape index (κ1) is 20.1. The maximum atomic E-state index is 14.3. The van der Waals surface area contributed by atoms with Crippen molar-refractivity contribution in [2.45, 2.75) is 19.8 Å². The van der Waals surface area contributed by atoms with Crippen molar-refractivity contribution in [3.8, 4) is 0 Å². The number of carboxylic acids is 1. The van der Waals surface area contributed by atoms with E-state index in [1.54, 1.807) is 13.8 Å². The molecule has 0 aliphatic carbocycles. The Morgan fingerprint density at radius 3 is 2.55 bits per heavy atom. The average molecular weight is 405 g/mol. The van der Waals surface area contributed by atoms with Crippen LogP contribution in [0.15, 0.2) is 24.7 Å². The van der Waals surface area contributed by atoms with Gasteiger partial charge in [0, 0.05) is 17.8 Å². The van der Waals surface area contributed by atoms with Gasteiger partial charge in [0.1, 0.15) is 23.5 Å². The van der Waals surface area contributed by atoms with Gasteiger partial charge in [-0.1, -0.05) is 13.8 Å². The SMILES string of the molecule is CONC(=O)c1cc(Nc2ncnn3cc(C(=O)O)c(C(C)C)c23)c(F)cc1F. The van der Waals surface area contributed by atoms with E-state index in [1.807, 2.05) is 5.48 Å². The molecule has 11 heteroatoms. The number of amides is 1. The molecule has 0 fully saturated rings. The number of benzene rings is 1. The molecule has 0 saturated heterocycles. The summed E-state index contributed by atoms with van der Waals surface area (Å²) < 4.78 is 29.6. The summed E-state index contributed by atoms with van der Waals surface area (Å²) in [6, 6.07) is 1.52. The molecule has 1 aromatic carbocycles. The second-order valence-corrected chi connectivity index (χ2v) is 6.39. The van der Waals surface area contributed by atoms with Crippen LogP contribution in [0.1, 0.15) is 46.0 Å². The smallest absolute Gasteiger partial charge is 0.337 e. The highest BCUT2D eigenvalue weighted by molar-refractivity contribution is 5.96. The van der Waals surface area contributed by atoms with E-state index >= 15 is 0 Å². The zero-order chi connectivity index (χ0) is 21.3. The standard InChI is InChI=1S/C18H17F2N5O4/c1-8(2)14-10(18(27)28)6-25-15(14)16(21-7-22-25)23-13-4-9(17(26)24-29-3)11(19)5-12(13)20/h4-8H,1-3H3,(H,24,26)(H,27,28)(H,21,22,23). The molecule has 0 atom stereocenters. The van der Waals surface area contributed by atoms with Crippen LogP contribution in [-0.4, -0.2) is 38.7 Å². The average Bonchev–Trinajstić information content (AvgIpc) is 3.05. The molecule has 9 nitrogen and oxygen atoms in total. The number of carboxylic acid groups (broad SMARTS) is 1. The number of nitrogens with zero attached hydrogens (tertiary/aromatic N) is 3. The quantitative estimate of drug-likeness (QED) is 0.540. The van der Waals surface area contributed by atoms with Gasteiger partial charge in [-0.15, -0.1) is 0 Å². The molecule has 3 N–H and O–H groups in total. The van der Waals surface area contributed by atoms with E-state index in [1.165, 1.54) is 17.8 Å². The minimum absolute atomic E-state index is 0.0308. The minimum Gasteiger partial charge on any atom is -0.478 e. The highest BCUT2D eigenvalue weighted by Crippen LogP contribution is 2.32. The lowest BCUT2D eigenvalue weighted by Gasteiger charge is -2.13. The van der Waals surface area contributed by atoms with Crippen molar-refractivity contribution in [3.63, 3.8) is 0 Å². The van der Waals surface area contributed by atoms with Crippen molar-refractivity contribution in [3.05, 3.63) is 53.0 Å². The van der Waals surface area contributed by atoms with Gasteiger partial charge in [-0.3, -0.25) is 9.63 Å².